The molecule has 21 heavy (non-hydrogen) atoms. The second kappa shape index (κ2) is 6.37. The predicted octanol–water partition coefficient (Wildman–Crippen LogP) is 1.49. The minimum absolute atomic E-state index is 0.191. The monoisotopic (exact) mass is 290 g/mol. The van der Waals surface area contributed by atoms with Crippen molar-refractivity contribution in [2.24, 2.45) is 5.18 Å². The molecule has 0 saturated heterocycles. The Morgan fingerprint density at radius 1 is 1.05 bits per heavy atom. The zero-order valence-corrected chi connectivity index (χ0v) is 11.6. The summed E-state index contributed by atoms with van der Waals surface area (Å²) in [6, 6.07) is 0. The molecule has 4 N–H and O–H groups in total. The van der Waals surface area contributed by atoms with E-state index in [4.69, 9.17) is 5.73 Å². The smallest absolute Gasteiger partial charge is 0.251 e. The molecule has 1 rings (SSSR count). The highest BCUT2D eigenvalue weighted by Crippen LogP contribution is 2.31. The minimum Gasteiger partial charge on any atom is -0.368 e. The fourth-order valence-electron chi connectivity index (χ4n) is 1.16. The molecule has 0 aliphatic carbocycles. The van der Waals surface area contributed by atoms with E-state index >= 15 is 0 Å². The lowest BCUT2D eigenvalue weighted by Gasteiger charge is -2.10. The second-order valence-corrected chi connectivity index (χ2v) is 4.19. The first-order chi connectivity index (χ1) is 9.76. The highest BCUT2D eigenvalue weighted by molar-refractivity contribution is 6.07. The van der Waals surface area contributed by atoms with Gasteiger partial charge in [0.1, 0.15) is 0 Å². The van der Waals surface area contributed by atoms with Crippen molar-refractivity contribution in [3.63, 3.8) is 0 Å². The summed E-state index contributed by atoms with van der Waals surface area (Å²) in [5.74, 6) is -1.84. The summed E-state index contributed by atoms with van der Waals surface area (Å²) in [4.78, 5) is 41.5. The molecule has 0 aromatic carbocycles. The molecule has 9 nitrogen and oxygen atoms in total. The van der Waals surface area contributed by atoms with Crippen LogP contribution in [0.1, 0.15) is 13.8 Å². The molecule has 2 amide bonds. The summed E-state index contributed by atoms with van der Waals surface area (Å²) < 4.78 is 0. The van der Waals surface area contributed by atoms with Crippen LogP contribution in [0.5, 0.6) is 0 Å². The standard InChI is InChI=1S/C12H14N6O3/c1-5(2)10(19)14-8-7(18-21)9(17-12(13)16-8)15-11(20)6(3)4/h1,3H2,2,4H3,(H4,13,14,15,16,17,19,20). The molecule has 0 fully saturated rings. The number of nitrogen functional groups attached to an aromatic ring is 1. The fraction of sp³-hybridized carbons (Fsp3) is 0.167. The Morgan fingerprint density at radius 3 is 1.71 bits per heavy atom. The van der Waals surface area contributed by atoms with E-state index in [9.17, 15) is 14.5 Å². The number of anilines is 3. The van der Waals surface area contributed by atoms with Gasteiger partial charge in [0.15, 0.2) is 17.3 Å². The number of carbonyl (C=O) groups is 2. The molecule has 1 aromatic rings. The van der Waals surface area contributed by atoms with Gasteiger partial charge in [0.2, 0.25) is 5.95 Å². The highest BCUT2D eigenvalue weighted by atomic mass is 16.3. The first kappa shape index (κ1) is 16.0. The van der Waals surface area contributed by atoms with Gasteiger partial charge in [-0.05, 0) is 19.0 Å². The molecule has 0 saturated carbocycles. The average molecular weight is 290 g/mol. The van der Waals surface area contributed by atoms with E-state index < -0.39 is 11.8 Å². The van der Waals surface area contributed by atoms with Crippen LogP contribution in [0.2, 0.25) is 0 Å². The molecule has 0 atom stereocenters. The van der Waals surface area contributed by atoms with Crippen molar-refractivity contribution in [3.8, 4) is 0 Å². The van der Waals surface area contributed by atoms with Gasteiger partial charge >= 0.3 is 0 Å². The van der Waals surface area contributed by atoms with Crippen molar-refractivity contribution in [1.29, 1.82) is 0 Å². The first-order valence-corrected chi connectivity index (χ1v) is 5.70. The summed E-state index contributed by atoms with van der Waals surface area (Å²) in [5, 5.41) is 7.33. The number of nitroso groups, excluding NO2 is 1. The van der Waals surface area contributed by atoms with Gasteiger partial charge in [0, 0.05) is 11.1 Å². The summed E-state index contributed by atoms with van der Waals surface area (Å²) in [7, 11) is 0. The maximum absolute atomic E-state index is 11.6. The van der Waals surface area contributed by atoms with E-state index in [1.54, 1.807) is 0 Å². The van der Waals surface area contributed by atoms with Gasteiger partial charge in [0.05, 0.1) is 0 Å². The summed E-state index contributed by atoms with van der Waals surface area (Å²) in [5.41, 5.74) is 5.50. The summed E-state index contributed by atoms with van der Waals surface area (Å²) >= 11 is 0. The number of nitrogens with zero attached hydrogens (tertiary/aromatic N) is 3. The number of amides is 2. The molecule has 0 spiro atoms. The molecule has 0 radical (unpaired) electrons. The van der Waals surface area contributed by atoms with Gasteiger partial charge in [-0.15, -0.1) is 4.91 Å². The topological polar surface area (TPSA) is 139 Å². The van der Waals surface area contributed by atoms with Crippen molar-refractivity contribution in [2.75, 3.05) is 16.4 Å². The number of nitrogens with one attached hydrogen (secondary N) is 2. The number of aromatic nitrogens is 2. The Hall–Kier alpha value is -3.10. The van der Waals surface area contributed by atoms with E-state index in [1.807, 2.05) is 0 Å². The van der Waals surface area contributed by atoms with Crippen LogP contribution in [0.4, 0.5) is 23.3 Å². The third-order valence-electron chi connectivity index (χ3n) is 2.23. The van der Waals surface area contributed by atoms with Crippen LogP contribution in [0.3, 0.4) is 0 Å². The van der Waals surface area contributed by atoms with Crippen LogP contribution in [-0.2, 0) is 9.59 Å². The molecular formula is C12H14N6O3. The highest BCUT2D eigenvalue weighted by Gasteiger charge is 2.18. The molecule has 0 unspecified atom stereocenters. The zero-order valence-electron chi connectivity index (χ0n) is 11.6. The molecular weight excluding hydrogens is 276 g/mol. The molecule has 0 bridgehead atoms. The predicted molar refractivity (Wildman–Crippen MR) is 78.8 cm³/mol. The Morgan fingerprint density at radius 2 is 1.43 bits per heavy atom. The third kappa shape index (κ3) is 3.93. The summed E-state index contributed by atoms with van der Waals surface area (Å²) in [6.07, 6.45) is 0. The lowest BCUT2D eigenvalue weighted by molar-refractivity contribution is -0.113. The molecule has 1 heterocycles. The van der Waals surface area contributed by atoms with E-state index in [0.717, 1.165) is 0 Å². The Labute approximate surface area is 120 Å². The molecule has 1 aromatic heterocycles. The lowest BCUT2D eigenvalue weighted by atomic mass is 10.3. The molecule has 0 aliphatic heterocycles. The first-order valence-electron chi connectivity index (χ1n) is 5.70. The van der Waals surface area contributed by atoms with Gasteiger partial charge in [-0.25, -0.2) is 0 Å². The van der Waals surface area contributed by atoms with Crippen LogP contribution >= 0.6 is 0 Å². The molecule has 9 heteroatoms. The van der Waals surface area contributed by atoms with Crippen molar-refractivity contribution in [3.05, 3.63) is 29.2 Å². The van der Waals surface area contributed by atoms with E-state index in [1.165, 1.54) is 13.8 Å². The fourth-order valence-corrected chi connectivity index (χ4v) is 1.16. The van der Waals surface area contributed by atoms with Gasteiger partial charge in [-0.1, -0.05) is 13.2 Å². The van der Waals surface area contributed by atoms with Gasteiger partial charge in [-0.3, -0.25) is 9.59 Å². The largest absolute Gasteiger partial charge is 0.368 e. The molecule has 110 valence electrons. The van der Waals surface area contributed by atoms with E-state index in [0.29, 0.717) is 0 Å². The van der Waals surface area contributed by atoms with Crippen molar-refractivity contribution in [2.45, 2.75) is 13.8 Å². The van der Waals surface area contributed by atoms with Crippen molar-refractivity contribution in [1.82, 2.24) is 9.97 Å². The average Bonchev–Trinajstić information content (AvgIpc) is 2.38. The van der Waals surface area contributed by atoms with Crippen LogP contribution < -0.4 is 16.4 Å². The van der Waals surface area contributed by atoms with Crippen molar-refractivity contribution < 1.29 is 9.59 Å². The van der Waals surface area contributed by atoms with Gasteiger partial charge in [0.25, 0.3) is 11.8 Å². The molecule has 0 aliphatic rings. The SMILES string of the molecule is C=C(C)C(=O)Nc1nc(N)nc(NC(=O)C(=C)C)c1N=O. The maximum Gasteiger partial charge on any atom is 0.251 e. The number of nitrogens with two attached hydrogens (primary N) is 1. The number of hydrogen-bond donors (Lipinski definition) is 3. The van der Waals surface area contributed by atoms with Crippen LogP contribution in [0.25, 0.3) is 0 Å². The number of rotatable bonds is 5. The van der Waals surface area contributed by atoms with Crippen molar-refractivity contribution >= 4 is 35.1 Å². The Kier molecular flexibility index (Phi) is 4.84. The normalized spacial score (nSPS) is 9.62. The second-order valence-electron chi connectivity index (χ2n) is 4.19. The van der Waals surface area contributed by atoms with E-state index in [-0.39, 0.29) is 34.4 Å². The Bertz CT molecular complexity index is 603. The van der Waals surface area contributed by atoms with E-state index in [2.05, 4.69) is 38.9 Å². The van der Waals surface area contributed by atoms with Gasteiger partial charge < -0.3 is 16.4 Å². The van der Waals surface area contributed by atoms with Crippen LogP contribution in [0, 0.1) is 4.91 Å². The van der Waals surface area contributed by atoms with Gasteiger partial charge in [-0.2, -0.15) is 9.97 Å². The zero-order chi connectivity index (χ0) is 16.2. The minimum atomic E-state index is -0.574. The maximum atomic E-state index is 11.6. The lowest BCUT2D eigenvalue weighted by Crippen LogP contribution is -2.17. The Balaban J connectivity index is 3.26. The number of carbonyl (C=O) groups excluding carboxylic acids is 2. The quantitative estimate of drug-likeness (QED) is 0.554. The van der Waals surface area contributed by atoms with Crippen LogP contribution in [-0.4, -0.2) is 21.8 Å². The van der Waals surface area contributed by atoms with Crippen LogP contribution in [0.15, 0.2) is 29.5 Å². The number of hydrogen-bond acceptors (Lipinski definition) is 7. The summed E-state index contributed by atoms with van der Waals surface area (Å²) in [6.45, 7) is 9.83. The third-order valence-corrected chi connectivity index (χ3v) is 2.23.